The summed E-state index contributed by atoms with van der Waals surface area (Å²) in [5.41, 5.74) is 32.4. The second-order valence-electron chi connectivity index (χ2n) is 21.4. The van der Waals surface area contributed by atoms with Crippen LogP contribution < -0.4 is 0 Å². The third kappa shape index (κ3) is 5.90. The highest BCUT2D eigenvalue weighted by atomic mass is 28.3. The molecule has 4 aliphatic carbocycles. The number of hydrogen-bond donors (Lipinski definition) is 0. The maximum Gasteiger partial charge on any atom is 0.146 e. The van der Waals surface area contributed by atoms with E-state index in [2.05, 4.69) is 203 Å². The van der Waals surface area contributed by atoms with Crippen LogP contribution in [-0.4, -0.2) is 36.1 Å². The molecule has 6 heteroatoms. The highest BCUT2D eigenvalue weighted by molar-refractivity contribution is 6.91. The summed E-state index contributed by atoms with van der Waals surface area (Å²) in [4.78, 5) is 22.8. The van der Waals surface area contributed by atoms with Crippen molar-refractivity contribution in [1.82, 2.24) is 19.9 Å². The van der Waals surface area contributed by atoms with Gasteiger partial charge in [0.05, 0.1) is 33.2 Å². The zero-order valence-electron chi connectivity index (χ0n) is 40.6. The molecule has 0 saturated heterocycles. The van der Waals surface area contributed by atoms with Gasteiger partial charge in [0, 0.05) is 11.8 Å². The van der Waals surface area contributed by atoms with Gasteiger partial charge in [0.15, 0.2) is 0 Å². The predicted octanol–water partition coefficient (Wildman–Crippen LogP) is 15.7. The SMILES string of the molecule is CC(C)[Si](C#Cc1c2nc3cc4c(cc3nc2c(C#C[Si](C(C)C)(C(C)C)C(C)C)c2nc3cc5c(cc3nc12)C1c2ccccc2C5c2ccccc21)-c1ccccc1-4)(C(C)C)C(C)C. The van der Waals surface area contributed by atoms with Gasteiger partial charge in [0.25, 0.3) is 0 Å². The van der Waals surface area contributed by atoms with Crippen LogP contribution in [0.2, 0.25) is 33.2 Å². The van der Waals surface area contributed by atoms with Gasteiger partial charge in [0.2, 0.25) is 0 Å². The van der Waals surface area contributed by atoms with Gasteiger partial charge in [-0.2, -0.15) is 0 Å². The van der Waals surface area contributed by atoms with Crippen LogP contribution in [0.1, 0.15) is 139 Å². The Hall–Kier alpha value is -5.93. The molecule has 6 aromatic carbocycles. The molecule has 0 aliphatic heterocycles. The fourth-order valence-electron chi connectivity index (χ4n) is 13.5. The third-order valence-corrected chi connectivity index (χ3v) is 29.1. The van der Waals surface area contributed by atoms with Crippen molar-refractivity contribution in [3.05, 3.63) is 142 Å². The van der Waals surface area contributed by atoms with E-state index in [4.69, 9.17) is 19.9 Å². The molecule has 0 radical (unpaired) electrons. The van der Waals surface area contributed by atoms with Crippen LogP contribution >= 0.6 is 0 Å². The number of fused-ring (bicyclic) bond motifs is 8. The van der Waals surface area contributed by atoms with Gasteiger partial charge in [-0.1, -0.05) is 168 Å². The topological polar surface area (TPSA) is 51.6 Å². The maximum atomic E-state index is 5.76. The minimum atomic E-state index is -2.21. The van der Waals surface area contributed by atoms with Crippen LogP contribution in [-0.2, 0) is 0 Å². The molecule has 0 unspecified atom stereocenters. The molecule has 328 valence electrons. The lowest BCUT2D eigenvalue weighted by Gasteiger charge is -2.42. The van der Waals surface area contributed by atoms with Gasteiger partial charge in [-0.25, -0.2) is 19.9 Å². The van der Waals surface area contributed by atoms with Crippen LogP contribution in [0.25, 0.3) is 66.4 Å². The molecule has 8 aromatic rings. The summed E-state index contributed by atoms with van der Waals surface area (Å²) in [7, 11) is -4.41. The van der Waals surface area contributed by atoms with Crippen molar-refractivity contribution < 1.29 is 0 Å². The first-order valence-electron chi connectivity index (χ1n) is 24.5. The second kappa shape index (κ2) is 15.3. The molecule has 12 rings (SSSR count). The third-order valence-electron chi connectivity index (χ3n) is 16.5. The lowest BCUT2D eigenvalue weighted by atomic mass is 9.61. The molecule has 0 atom stereocenters. The molecule has 0 saturated carbocycles. The van der Waals surface area contributed by atoms with E-state index in [0.29, 0.717) is 33.2 Å². The number of benzene rings is 6. The van der Waals surface area contributed by atoms with E-state index >= 15 is 0 Å². The van der Waals surface area contributed by atoms with E-state index in [1.54, 1.807) is 0 Å². The molecule has 2 aromatic heterocycles. The fraction of sp³-hybridized carbons (Fsp3) is 0.333. The van der Waals surface area contributed by atoms with E-state index < -0.39 is 16.1 Å². The zero-order valence-corrected chi connectivity index (χ0v) is 42.6. The van der Waals surface area contributed by atoms with E-state index in [1.165, 1.54) is 55.6 Å². The highest BCUT2D eigenvalue weighted by Crippen LogP contribution is 2.56. The Morgan fingerprint density at radius 2 is 0.621 bits per heavy atom. The number of nitrogens with zero attached hydrogens (tertiary/aromatic N) is 4. The molecule has 4 aliphatic rings. The quantitative estimate of drug-likeness (QED) is 0.0948. The van der Waals surface area contributed by atoms with Gasteiger partial charge in [-0.3, -0.25) is 0 Å². The van der Waals surface area contributed by atoms with Gasteiger partial charge in [0.1, 0.15) is 38.2 Å². The monoisotopic (exact) mass is 892 g/mol. The van der Waals surface area contributed by atoms with E-state index in [9.17, 15) is 0 Å². The minimum Gasteiger partial charge on any atom is -0.243 e. The lowest BCUT2D eigenvalue weighted by Crippen LogP contribution is -2.43. The summed E-state index contributed by atoms with van der Waals surface area (Å²) in [5.74, 6) is 8.14. The number of aromatic nitrogens is 4. The molecular formula is C60H60N4Si2. The summed E-state index contributed by atoms with van der Waals surface area (Å²) in [6, 6.07) is 35.9. The van der Waals surface area contributed by atoms with Crippen LogP contribution in [0.4, 0.5) is 0 Å². The summed E-state index contributed by atoms with van der Waals surface area (Å²) >= 11 is 0. The van der Waals surface area contributed by atoms with Gasteiger partial charge in [-0.05, 0) is 113 Å². The van der Waals surface area contributed by atoms with Crippen LogP contribution in [0.5, 0.6) is 0 Å². The Balaban J connectivity index is 1.28. The van der Waals surface area contributed by atoms with Crippen molar-refractivity contribution in [2.45, 2.75) is 128 Å². The van der Waals surface area contributed by atoms with Gasteiger partial charge < -0.3 is 0 Å². The van der Waals surface area contributed by atoms with Crippen LogP contribution in [0.15, 0.2) is 97.1 Å². The molecule has 4 nitrogen and oxygen atoms in total. The van der Waals surface area contributed by atoms with Crippen molar-refractivity contribution >= 4 is 60.3 Å². The Bertz CT molecular complexity index is 3180. The fourth-order valence-corrected chi connectivity index (χ4v) is 23.9. The van der Waals surface area contributed by atoms with E-state index in [-0.39, 0.29) is 11.8 Å². The Morgan fingerprint density at radius 3 is 0.909 bits per heavy atom. The normalized spacial score (nSPS) is 15.8. The Labute approximate surface area is 393 Å². The largest absolute Gasteiger partial charge is 0.243 e. The average molecular weight is 893 g/mol. The summed E-state index contributed by atoms with van der Waals surface area (Å²) in [6.07, 6.45) is 0. The molecular weight excluding hydrogens is 833 g/mol. The van der Waals surface area contributed by atoms with Gasteiger partial charge >= 0.3 is 0 Å². The van der Waals surface area contributed by atoms with Crippen LogP contribution in [0.3, 0.4) is 0 Å². The minimum absolute atomic E-state index is 0.132. The summed E-state index contributed by atoms with van der Waals surface area (Å²) < 4.78 is 0. The molecule has 0 amide bonds. The van der Waals surface area contributed by atoms with Gasteiger partial charge in [-0.15, -0.1) is 11.1 Å². The molecule has 0 N–H and O–H groups in total. The molecule has 0 fully saturated rings. The maximum absolute atomic E-state index is 5.76. The highest BCUT2D eigenvalue weighted by Gasteiger charge is 2.44. The number of rotatable bonds is 6. The van der Waals surface area contributed by atoms with Crippen molar-refractivity contribution in [1.29, 1.82) is 0 Å². The summed E-state index contributed by atoms with van der Waals surface area (Å²) in [6.45, 7) is 28.6. The van der Waals surface area contributed by atoms with Crippen molar-refractivity contribution in [2.24, 2.45) is 0 Å². The first-order valence-corrected chi connectivity index (χ1v) is 28.9. The first-order chi connectivity index (χ1) is 31.7. The molecule has 2 bridgehead atoms. The molecule has 2 heterocycles. The summed E-state index contributed by atoms with van der Waals surface area (Å²) in [5, 5.41) is 0. The van der Waals surface area contributed by atoms with Crippen LogP contribution in [0, 0.1) is 22.9 Å². The van der Waals surface area contributed by atoms with Crippen molar-refractivity contribution in [3.8, 4) is 45.2 Å². The standard InChI is InChI=1S/C60H60N4Si2/c1-33(2)65(34(3)4,35(5)6)27-25-45-57-58(62-52-30-48-40-20-14-13-19-39(40)47(48)29-51(52)61-57)46(26-28-66(36(7)8,37(9)10)38(11)12)60-59(45)63-53-31-49-50(32-54(53)64-60)56-43-23-17-15-21-41(43)55(49)42-22-16-18-24-44(42)56/h13-24,29-38,55-56H,1-12H3. The lowest BCUT2D eigenvalue weighted by molar-refractivity contribution is 0.756. The Morgan fingerprint density at radius 1 is 0.348 bits per heavy atom. The molecule has 66 heavy (non-hydrogen) atoms. The van der Waals surface area contributed by atoms with E-state index in [0.717, 1.165) is 55.3 Å². The van der Waals surface area contributed by atoms with E-state index in [1.807, 2.05) is 0 Å². The smallest absolute Gasteiger partial charge is 0.146 e. The van der Waals surface area contributed by atoms with Crippen molar-refractivity contribution in [2.75, 3.05) is 0 Å². The second-order valence-corrected chi connectivity index (χ2v) is 32.6. The first kappa shape index (κ1) is 42.7. The average Bonchev–Trinajstić information content (AvgIpc) is 3.28. The van der Waals surface area contributed by atoms with Crippen molar-refractivity contribution in [3.63, 3.8) is 0 Å². The molecule has 0 spiro atoms. The number of hydrogen-bond acceptors (Lipinski definition) is 4. The Kier molecular flexibility index (Phi) is 9.90. The zero-order chi connectivity index (χ0) is 46.1. The predicted molar refractivity (Wildman–Crippen MR) is 283 cm³/mol.